The van der Waals surface area contributed by atoms with Gasteiger partial charge in [0.1, 0.15) is 23.4 Å². The molecule has 6 nitrogen and oxygen atoms in total. The SMILES string of the molecule is CO.Cc1nc(C=O)cn1-c1ccc(C#N)cn1. The van der Waals surface area contributed by atoms with Crippen molar-refractivity contribution in [3.8, 4) is 11.9 Å². The first kappa shape index (κ1) is 13.5. The minimum atomic E-state index is 0.364. The quantitative estimate of drug-likeness (QED) is 0.791. The summed E-state index contributed by atoms with van der Waals surface area (Å²) in [5.41, 5.74) is 0.862. The van der Waals surface area contributed by atoms with E-state index < -0.39 is 0 Å². The molecule has 2 heterocycles. The van der Waals surface area contributed by atoms with Crippen LogP contribution >= 0.6 is 0 Å². The number of rotatable bonds is 2. The van der Waals surface area contributed by atoms with Crippen LogP contribution in [-0.4, -0.2) is 33.0 Å². The maximum absolute atomic E-state index is 10.6. The van der Waals surface area contributed by atoms with Crippen molar-refractivity contribution in [1.82, 2.24) is 14.5 Å². The Bertz CT molecular complexity index is 567. The average Bonchev–Trinajstić information content (AvgIpc) is 2.82. The second-order valence-corrected chi connectivity index (χ2v) is 3.22. The van der Waals surface area contributed by atoms with Crippen LogP contribution in [0, 0.1) is 18.3 Å². The molecular formula is C12H12N4O2. The van der Waals surface area contributed by atoms with E-state index in [1.165, 1.54) is 6.20 Å². The molecule has 0 aliphatic heterocycles. The van der Waals surface area contributed by atoms with Crippen LogP contribution in [0.4, 0.5) is 0 Å². The standard InChI is InChI=1S/C11H8N4O.CH4O/c1-8-14-10(7-16)6-15(8)11-3-2-9(4-12)5-13-11;1-2/h2-3,5-7H,1H3;2H,1H3. The molecule has 0 aliphatic carbocycles. The number of hydrogen-bond acceptors (Lipinski definition) is 5. The second kappa shape index (κ2) is 6.27. The van der Waals surface area contributed by atoms with Crippen molar-refractivity contribution in [3.63, 3.8) is 0 Å². The summed E-state index contributed by atoms with van der Waals surface area (Å²) in [7, 11) is 1.00. The van der Waals surface area contributed by atoms with Gasteiger partial charge in [0.2, 0.25) is 0 Å². The molecule has 0 radical (unpaired) electrons. The number of aliphatic hydroxyl groups is 1. The number of nitrogens with zero attached hydrogens (tertiary/aromatic N) is 4. The fourth-order valence-electron chi connectivity index (χ4n) is 1.38. The van der Waals surface area contributed by atoms with E-state index in [9.17, 15) is 4.79 Å². The molecule has 2 aromatic heterocycles. The zero-order valence-corrected chi connectivity index (χ0v) is 10.0. The number of nitriles is 1. The number of carbonyl (C=O) groups excluding carboxylic acids is 1. The predicted octanol–water partition coefficient (Wildman–Crippen LogP) is 0.868. The number of aldehydes is 1. The van der Waals surface area contributed by atoms with E-state index in [4.69, 9.17) is 10.4 Å². The number of aryl methyl sites for hydroxylation is 1. The third-order valence-electron chi connectivity index (χ3n) is 2.15. The molecule has 0 fully saturated rings. The van der Waals surface area contributed by atoms with Crippen LogP contribution in [-0.2, 0) is 0 Å². The van der Waals surface area contributed by atoms with Gasteiger partial charge in [0.05, 0.1) is 5.56 Å². The van der Waals surface area contributed by atoms with E-state index >= 15 is 0 Å². The van der Waals surface area contributed by atoms with Gasteiger partial charge in [-0.1, -0.05) is 0 Å². The summed E-state index contributed by atoms with van der Waals surface area (Å²) in [6.45, 7) is 1.78. The summed E-state index contributed by atoms with van der Waals surface area (Å²) >= 11 is 0. The number of imidazole rings is 1. The minimum absolute atomic E-state index is 0.364. The van der Waals surface area contributed by atoms with Gasteiger partial charge in [-0.2, -0.15) is 5.26 Å². The van der Waals surface area contributed by atoms with Gasteiger partial charge in [-0.15, -0.1) is 0 Å². The van der Waals surface area contributed by atoms with Gasteiger partial charge < -0.3 is 5.11 Å². The molecule has 18 heavy (non-hydrogen) atoms. The number of carbonyl (C=O) groups is 1. The van der Waals surface area contributed by atoms with Crippen molar-refractivity contribution >= 4 is 6.29 Å². The molecule has 0 spiro atoms. The minimum Gasteiger partial charge on any atom is -0.400 e. The summed E-state index contributed by atoms with van der Waals surface area (Å²) in [5, 5.41) is 15.6. The maximum Gasteiger partial charge on any atom is 0.170 e. The largest absolute Gasteiger partial charge is 0.400 e. The van der Waals surface area contributed by atoms with Crippen molar-refractivity contribution < 1.29 is 9.90 Å². The highest BCUT2D eigenvalue weighted by Crippen LogP contribution is 2.09. The van der Waals surface area contributed by atoms with Gasteiger partial charge in [-0.05, 0) is 19.1 Å². The Morgan fingerprint density at radius 3 is 2.61 bits per heavy atom. The summed E-state index contributed by atoms with van der Waals surface area (Å²) in [6.07, 6.45) is 3.78. The van der Waals surface area contributed by atoms with E-state index in [1.807, 2.05) is 6.07 Å². The Hall–Kier alpha value is -2.52. The van der Waals surface area contributed by atoms with Crippen LogP contribution in [0.25, 0.3) is 5.82 Å². The third kappa shape index (κ3) is 2.78. The average molecular weight is 244 g/mol. The summed E-state index contributed by atoms with van der Waals surface area (Å²) in [4.78, 5) is 18.7. The van der Waals surface area contributed by atoms with E-state index in [2.05, 4.69) is 9.97 Å². The highest BCUT2D eigenvalue weighted by Gasteiger charge is 2.05. The smallest absolute Gasteiger partial charge is 0.170 e. The maximum atomic E-state index is 10.6. The van der Waals surface area contributed by atoms with Crippen LogP contribution in [0.1, 0.15) is 21.9 Å². The van der Waals surface area contributed by atoms with Gasteiger partial charge in [-0.25, -0.2) is 9.97 Å². The predicted molar refractivity (Wildman–Crippen MR) is 64.3 cm³/mol. The van der Waals surface area contributed by atoms with Gasteiger partial charge >= 0.3 is 0 Å². The summed E-state index contributed by atoms with van der Waals surface area (Å²) in [6, 6.07) is 5.37. The molecule has 0 atom stereocenters. The Balaban J connectivity index is 0.000000771. The van der Waals surface area contributed by atoms with Crippen molar-refractivity contribution in [1.29, 1.82) is 5.26 Å². The van der Waals surface area contributed by atoms with Gasteiger partial charge in [-0.3, -0.25) is 9.36 Å². The van der Waals surface area contributed by atoms with Crippen molar-refractivity contribution in [2.75, 3.05) is 7.11 Å². The van der Waals surface area contributed by atoms with E-state index in [0.717, 1.165) is 7.11 Å². The molecule has 0 aliphatic rings. The zero-order valence-electron chi connectivity index (χ0n) is 10.0. The summed E-state index contributed by atoms with van der Waals surface area (Å²) < 4.78 is 1.70. The number of aliphatic hydroxyl groups excluding tert-OH is 1. The molecule has 0 bridgehead atoms. The molecule has 6 heteroatoms. The van der Waals surface area contributed by atoms with Crippen molar-refractivity contribution in [3.05, 3.63) is 41.6 Å². The first-order valence-corrected chi connectivity index (χ1v) is 5.07. The fraction of sp³-hybridized carbons (Fsp3) is 0.167. The van der Waals surface area contributed by atoms with Gasteiger partial charge in [0.25, 0.3) is 0 Å². The zero-order chi connectivity index (χ0) is 13.5. The Labute approximate surface area is 104 Å². The van der Waals surface area contributed by atoms with Crippen LogP contribution in [0.5, 0.6) is 0 Å². The molecule has 1 N–H and O–H groups in total. The number of aromatic nitrogens is 3. The second-order valence-electron chi connectivity index (χ2n) is 3.22. The molecule has 92 valence electrons. The normalized spacial score (nSPS) is 9.00. The van der Waals surface area contributed by atoms with Crippen LogP contribution in [0.2, 0.25) is 0 Å². The van der Waals surface area contributed by atoms with Crippen molar-refractivity contribution in [2.45, 2.75) is 6.92 Å². The third-order valence-corrected chi connectivity index (χ3v) is 2.15. The molecular weight excluding hydrogens is 232 g/mol. The molecule has 2 rings (SSSR count). The lowest BCUT2D eigenvalue weighted by molar-refractivity contribution is 0.111. The van der Waals surface area contributed by atoms with Gasteiger partial charge in [0, 0.05) is 19.5 Å². The highest BCUT2D eigenvalue weighted by molar-refractivity contribution is 5.71. The van der Waals surface area contributed by atoms with Crippen LogP contribution in [0.15, 0.2) is 24.5 Å². The molecule has 0 saturated heterocycles. The molecule has 2 aromatic rings. The number of hydrogen-bond donors (Lipinski definition) is 1. The van der Waals surface area contributed by atoms with E-state index in [-0.39, 0.29) is 0 Å². The lowest BCUT2D eigenvalue weighted by atomic mass is 10.3. The van der Waals surface area contributed by atoms with Crippen LogP contribution in [0.3, 0.4) is 0 Å². The topological polar surface area (TPSA) is 91.8 Å². The molecule has 0 amide bonds. The van der Waals surface area contributed by atoms with Crippen molar-refractivity contribution in [2.24, 2.45) is 0 Å². The van der Waals surface area contributed by atoms with Crippen LogP contribution < -0.4 is 0 Å². The number of pyridine rings is 1. The molecule has 0 aromatic carbocycles. The van der Waals surface area contributed by atoms with E-state index in [0.29, 0.717) is 29.2 Å². The van der Waals surface area contributed by atoms with Gasteiger partial charge in [0.15, 0.2) is 6.29 Å². The fourth-order valence-corrected chi connectivity index (χ4v) is 1.38. The highest BCUT2D eigenvalue weighted by atomic mass is 16.2. The first-order chi connectivity index (χ1) is 8.74. The Kier molecular flexibility index (Phi) is 4.72. The Morgan fingerprint density at radius 2 is 2.17 bits per heavy atom. The van der Waals surface area contributed by atoms with E-state index in [1.54, 1.807) is 29.8 Å². The molecule has 0 unspecified atom stereocenters. The lowest BCUT2D eigenvalue weighted by Crippen LogP contribution is -1.98. The first-order valence-electron chi connectivity index (χ1n) is 5.07. The summed E-state index contributed by atoms with van der Waals surface area (Å²) in [5.74, 6) is 1.32. The monoisotopic (exact) mass is 244 g/mol. The molecule has 0 saturated carbocycles. The Morgan fingerprint density at radius 1 is 1.44 bits per heavy atom. The lowest BCUT2D eigenvalue weighted by Gasteiger charge is -2.02.